The topological polar surface area (TPSA) is 30.7 Å². The minimum atomic E-state index is 0.520. The molecule has 0 saturated heterocycles. The lowest BCUT2D eigenvalue weighted by molar-refractivity contribution is 0.423. The summed E-state index contributed by atoms with van der Waals surface area (Å²) in [7, 11) is 3.72. The van der Waals surface area contributed by atoms with Crippen LogP contribution in [0.25, 0.3) is 5.69 Å². The maximum absolute atomic E-state index is 6.17. The van der Waals surface area contributed by atoms with Crippen LogP contribution in [0.4, 0.5) is 0 Å². The molecule has 0 radical (unpaired) electrons. The van der Waals surface area contributed by atoms with Gasteiger partial charge in [0.1, 0.15) is 5.82 Å². The van der Waals surface area contributed by atoms with E-state index in [1.54, 1.807) is 10.8 Å². The molecule has 1 aliphatic carbocycles. The van der Waals surface area contributed by atoms with Crippen molar-refractivity contribution < 1.29 is 0 Å². The monoisotopic (exact) mass is 577 g/mol. The Morgan fingerprint density at radius 3 is 1.79 bits per heavy atom. The van der Waals surface area contributed by atoms with Crippen LogP contribution in [0.15, 0.2) is 29.4 Å². The molecule has 1 aromatic heterocycles. The SMILES string of the molecule is CCCCCCCCCCCCCCCCCCSSc1nnc(C2CCCCC2)n1-c1ccc(Cl)cc1. The summed E-state index contributed by atoms with van der Waals surface area (Å²) >= 11 is 6.17. The first-order chi connectivity index (χ1) is 18.8. The van der Waals surface area contributed by atoms with E-state index >= 15 is 0 Å². The minimum Gasteiger partial charge on any atom is -0.273 e. The lowest BCUT2D eigenvalue weighted by Gasteiger charge is -2.22. The molecule has 1 aliphatic rings. The van der Waals surface area contributed by atoms with Gasteiger partial charge in [-0.1, -0.05) is 145 Å². The van der Waals surface area contributed by atoms with E-state index in [0.717, 1.165) is 21.7 Å². The first-order valence-electron chi connectivity index (χ1n) is 15.8. The zero-order chi connectivity index (χ0) is 26.7. The fourth-order valence-electron chi connectivity index (χ4n) is 5.60. The molecule has 0 aliphatic heterocycles. The number of halogens is 1. The predicted molar refractivity (Wildman–Crippen MR) is 170 cm³/mol. The summed E-state index contributed by atoms with van der Waals surface area (Å²) in [5.41, 5.74) is 1.13. The third-order valence-electron chi connectivity index (χ3n) is 7.93. The molecule has 38 heavy (non-hydrogen) atoms. The van der Waals surface area contributed by atoms with Gasteiger partial charge in [-0.2, -0.15) is 0 Å². The van der Waals surface area contributed by atoms with Gasteiger partial charge in [0.25, 0.3) is 0 Å². The van der Waals surface area contributed by atoms with E-state index < -0.39 is 0 Å². The summed E-state index contributed by atoms with van der Waals surface area (Å²) in [5, 5.41) is 11.1. The Labute approximate surface area is 246 Å². The Hall–Kier alpha value is -0.650. The van der Waals surface area contributed by atoms with Gasteiger partial charge in [-0.15, -0.1) is 10.2 Å². The Bertz CT molecular complexity index is 849. The largest absolute Gasteiger partial charge is 0.273 e. The molecule has 0 bridgehead atoms. The molecule has 0 N–H and O–H groups in total. The molecule has 1 fully saturated rings. The molecule has 0 unspecified atom stereocenters. The lowest BCUT2D eigenvalue weighted by atomic mass is 9.88. The molecule has 1 saturated carbocycles. The number of benzene rings is 1. The number of unbranched alkanes of at least 4 members (excludes halogenated alkanes) is 15. The fourth-order valence-corrected chi connectivity index (χ4v) is 7.82. The van der Waals surface area contributed by atoms with Crippen molar-refractivity contribution >= 4 is 33.2 Å². The summed E-state index contributed by atoms with van der Waals surface area (Å²) in [4.78, 5) is 0. The highest BCUT2D eigenvalue weighted by atomic mass is 35.5. The maximum atomic E-state index is 6.17. The smallest absolute Gasteiger partial charge is 0.206 e. The van der Waals surface area contributed by atoms with Crippen molar-refractivity contribution in [1.29, 1.82) is 0 Å². The van der Waals surface area contributed by atoms with E-state index in [4.69, 9.17) is 11.6 Å². The number of aromatic nitrogens is 3. The van der Waals surface area contributed by atoms with Gasteiger partial charge in [0.2, 0.25) is 5.16 Å². The van der Waals surface area contributed by atoms with Gasteiger partial charge >= 0.3 is 0 Å². The summed E-state index contributed by atoms with van der Waals surface area (Å²) in [6, 6.07) is 8.14. The predicted octanol–water partition coefficient (Wildman–Crippen LogP) is 12.0. The summed E-state index contributed by atoms with van der Waals surface area (Å²) < 4.78 is 2.29. The van der Waals surface area contributed by atoms with Crippen LogP contribution < -0.4 is 0 Å². The number of hydrogen-bond donors (Lipinski definition) is 0. The second kappa shape index (κ2) is 20.3. The van der Waals surface area contributed by atoms with Gasteiger partial charge in [0.15, 0.2) is 0 Å². The van der Waals surface area contributed by atoms with Crippen LogP contribution in [-0.2, 0) is 0 Å². The molecule has 0 spiro atoms. The van der Waals surface area contributed by atoms with E-state index in [2.05, 4.69) is 33.8 Å². The Kier molecular flexibility index (Phi) is 17.0. The summed E-state index contributed by atoms with van der Waals surface area (Å²) in [6.07, 6.45) is 29.1. The van der Waals surface area contributed by atoms with E-state index in [9.17, 15) is 0 Å². The van der Waals surface area contributed by atoms with Crippen molar-refractivity contribution in [3.63, 3.8) is 0 Å². The molecule has 1 aromatic carbocycles. The van der Waals surface area contributed by atoms with Crippen molar-refractivity contribution in [3.8, 4) is 5.69 Å². The molecule has 0 atom stereocenters. The van der Waals surface area contributed by atoms with Crippen LogP contribution in [-0.4, -0.2) is 20.5 Å². The number of nitrogens with zero attached hydrogens (tertiary/aromatic N) is 3. The lowest BCUT2D eigenvalue weighted by Crippen LogP contribution is -2.11. The van der Waals surface area contributed by atoms with Crippen molar-refractivity contribution in [2.45, 2.75) is 153 Å². The van der Waals surface area contributed by atoms with Crippen molar-refractivity contribution in [3.05, 3.63) is 35.1 Å². The fraction of sp³-hybridized carbons (Fsp3) is 0.750. The highest BCUT2D eigenvalue weighted by Crippen LogP contribution is 2.38. The zero-order valence-corrected chi connectivity index (χ0v) is 26.4. The molecule has 3 nitrogen and oxygen atoms in total. The van der Waals surface area contributed by atoms with E-state index in [1.807, 2.05) is 22.9 Å². The zero-order valence-electron chi connectivity index (χ0n) is 24.0. The molecule has 3 rings (SSSR count). The molecule has 0 amide bonds. The molecule has 6 heteroatoms. The molecule has 2 aromatic rings. The molecular weight excluding hydrogens is 526 g/mol. The first kappa shape index (κ1) is 31.9. The van der Waals surface area contributed by atoms with Crippen LogP contribution in [0.5, 0.6) is 0 Å². The minimum absolute atomic E-state index is 0.520. The van der Waals surface area contributed by atoms with Crippen molar-refractivity contribution in [2.24, 2.45) is 0 Å². The summed E-state index contributed by atoms with van der Waals surface area (Å²) in [5.74, 6) is 2.83. The normalized spacial score (nSPS) is 14.4. The van der Waals surface area contributed by atoms with Gasteiger partial charge in [-0.25, -0.2) is 0 Å². The van der Waals surface area contributed by atoms with Gasteiger partial charge < -0.3 is 0 Å². The Balaban J connectivity index is 1.24. The third-order valence-corrected chi connectivity index (χ3v) is 10.5. The highest BCUT2D eigenvalue weighted by molar-refractivity contribution is 8.76. The van der Waals surface area contributed by atoms with Crippen LogP contribution >= 0.6 is 33.2 Å². The van der Waals surface area contributed by atoms with E-state index in [1.165, 1.54) is 141 Å². The molecule has 1 heterocycles. The van der Waals surface area contributed by atoms with Crippen LogP contribution in [0, 0.1) is 0 Å². The van der Waals surface area contributed by atoms with Crippen LogP contribution in [0.3, 0.4) is 0 Å². The van der Waals surface area contributed by atoms with Gasteiger partial charge in [0, 0.05) is 22.4 Å². The summed E-state index contributed by atoms with van der Waals surface area (Å²) in [6.45, 7) is 2.30. The second-order valence-corrected chi connectivity index (χ2v) is 14.0. The molecular formula is C32H52ClN3S2. The standard InChI is InChI=1S/C32H52ClN3S2/c1-2-3-4-5-6-7-8-9-10-11-12-13-14-15-16-20-27-37-38-32-35-34-31(28-21-18-17-19-22-28)36(32)30-25-23-29(33)24-26-30/h23-26,28H,2-22,27H2,1H3. The van der Waals surface area contributed by atoms with Gasteiger partial charge in [-0.3, -0.25) is 4.57 Å². The average Bonchev–Trinajstić information content (AvgIpc) is 3.37. The van der Waals surface area contributed by atoms with Crippen molar-refractivity contribution in [1.82, 2.24) is 14.8 Å². The maximum Gasteiger partial charge on any atom is 0.206 e. The van der Waals surface area contributed by atoms with E-state index in [-0.39, 0.29) is 0 Å². The Morgan fingerprint density at radius 1 is 0.711 bits per heavy atom. The first-order valence-corrected chi connectivity index (χ1v) is 18.5. The average molecular weight is 578 g/mol. The number of hydrogen-bond acceptors (Lipinski definition) is 4. The Morgan fingerprint density at radius 2 is 1.24 bits per heavy atom. The van der Waals surface area contributed by atoms with Crippen molar-refractivity contribution in [2.75, 3.05) is 5.75 Å². The van der Waals surface area contributed by atoms with Crippen LogP contribution in [0.2, 0.25) is 5.02 Å². The quantitative estimate of drug-likeness (QED) is 0.109. The highest BCUT2D eigenvalue weighted by Gasteiger charge is 2.24. The van der Waals surface area contributed by atoms with Gasteiger partial charge in [-0.05, 0) is 54.3 Å². The second-order valence-electron chi connectivity index (χ2n) is 11.2. The van der Waals surface area contributed by atoms with Crippen LogP contribution in [0.1, 0.15) is 154 Å². The molecule has 214 valence electrons. The van der Waals surface area contributed by atoms with E-state index in [0.29, 0.717) is 5.92 Å². The third kappa shape index (κ3) is 12.3. The number of rotatable bonds is 21. The van der Waals surface area contributed by atoms with Gasteiger partial charge in [0.05, 0.1) is 0 Å².